The molecule has 1 atom stereocenters. The summed E-state index contributed by atoms with van der Waals surface area (Å²) in [5.74, 6) is 1.89. The van der Waals surface area contributed by atoms with Gasteiger partial charge >= 0.3 is 0 Å². The molecule has 0 fully saturated rings. The number of hydrogen-bond acceptors (Lipinski definition) is 6. The number of carbonyl (C=O) groups is 1. The van der Waals surface area contributed by atoms with E-state index in [9.17, 15) is 4.79 Å². The molecule has 0 aliphatic rings. The Morgan fingerprint density at radius 1 is 1.11 bits per heavy atom. The molecular formula is C20H23N3O3S. The van der Waals surface area contributed by atoms with Gasteiger partial charge in [0.2, 0.25) is 0 Å². The van der Waals surface area contributed by atoms with Gasteiger partial charge in [0.15, 0.2) is 11.5 Å². The van der Waals surface area contributed by atoms with Crippen LogP contribution in [-0.4, -0.2) is 30.1 Å². The van der Waals surface area contributed by atoms with Crippen LogP contribution < -0.4 is 14.8 Å². The highest BCUT2D eigenvalue weighted by Crippen LogP contribution is 2.33. The standard InChI is InChI=1S/C20H23N3O3S/c1-10-17-12(3)21-13(4)23-20(17)27-18(10)19(24)22-11(2)14-7-8-15(25-5)16(9-14)26-6/h7-9,11H,1-6H3,(H,22,24). The number of amides is 1. The van der Waals surface area contributed by atoms with Crippen molar-refractivity contribution >= 4 is 27.5 Å². The SMILES string of the molecule is COc1ccc(C(C)NC(=O)c2sc3nc(C)nc(C)c3c2C)cc1OC. The minimum absolute atomic E-state index is 0.116. The van der Waals surface area contributed by atoms with Crippen molar-refractivity contribution in [3.63, 3.8) is 0 Å². The first-order chi connectivity index (χ1) is 12.8. The maximum Gasteiger partial charge on any atom is 0.262 e. The fourth-order valence-electron chi connectivity index (χ4n) is 3.16. The monoisotopic (exact) mass is 385 g/mol. The molecule has 0 saturated carbocycles. The molecule has 0 saturated heterocycles. The fourth-order valence-corrected chi connectivity index (χ4v) is 4.34. The van der Waals surface area contributed by atoms with Gasteiger partial charge in [-0.25, -0.2) is 9.97 Å². The number of thiophene rings is 1. The summed E-state index contributed by atoms with van der Waals surface area (Å²) in [4.78, 5) is 23.3. The molecule has 6 nitrogen and oxygen atoms in total. The molecule has 1 amide bonds. The van der Waals surface area contributed by atoms with Crippen molar-refractivity contribution in [1.82, 2.24) is 15.3 Å². The van der Waals surface area contributed by atoms with Gasteiger partial charge in [0.05, 0.1) is 25.1 Å². The zero-order chi connectivity index (χ0) is 19.7. The largest absolute Gasteiger partial charge is 0.493 e. The highest BCUT2D eigenvalue weighted by atomic mass is 32.1. The van der Waals surface area contributed by atoms with Crippen LogP contribution in [0.1, 0.15) is 45.3 Å². The van der Waals surface area contributed by atoms with E-state index < -0.39 is 0 Å². The molecule has 142 valence electrons. The Hall–Kier alpha value is -2.67. The summed E-state index contributed by atoms with van der Waals surface area (Å²) in [5.41, 5.74) is 2.76. The Morgan fingerprint density at radius 2 is 1.81 bits per heavy atom. The van der Waals surface area contributed by atoms with Crippen molar-refractivity contribution in [3.05, 3.63) is 45.7 Å². The maximum atomic E-state index is 12.9. The molecule has 27 heavy (non-hydrogen) atoms. The zero-order valence-electron chi connectivity index (χ0n) is 16.3. The molecule has 7 heteroatoms. The van der Waals surface area contributed by atoms with Crippen LogP contribution in [0.3, 0.4) is 0 Å². The van der Waals surface area contributed by atoms with Crippen LogP contribution in [0.15, 0.2) is 18.2 Å². The van der Waals surface area contributed by atoms with Crippen LogP contribution in [0, 0.1) is 20.8 Å². The molecule has 2 aromatic heterocycles. The van der Waals surface area contributed by atoms with Gasteiger partial charge in [-0.2, -0.15) is 0 Å². The first kappa shape index (κ1) is 19.1. The molecule has 1 unspecified atom stereocenters. The Morgan fingerprint density at radius 3 is 2.48 bits per heavy atom. The highest BCUT2D eigenvalue weighted by Gasteiger charge is 2.21. The maximum absolute atomic E-state index is 12.9. The van der Waals surface area contributed by atoms with Gasteiger partial charge in [0.1, 0.15) is 10.7 Å². The number of ether oxygens (including phenoxy) is 2. The number of hydrogen-bond donors (Lipinski definition) is 1. The van der Waals surface area contributed by atoms with Crippen molar-refractivity contribution in [2.24, 2.45) is 0 Å². The van der Waals surface area contributed by atoms with E-state index in [0.717, 1.165) is 27.0 Å². The van der Waals surface area contributed by atoms with Gasteiger partial charge in [0.25, 0.3) is 5.91 Å². The molecule has 0 radical (unpaired) electrons. The van der Waals surface area contributed by atoms with Gasteiger partial charge in [-0.05, 0) is 51.0 Å². The lowest BCUT2D eigenvalue weighted by molar-refractivity contribution is 0.0943. The molecule has 0 bridgehead atoms. The smallest absolute Gasteiger partial charge is 0.262 e. The summed E-state index contributed by atoms with van der Waals surface area (Å²) in [6.07, 6.45) is 0. The quantitative estimate of drug-likeness (QED) is 0.715. The van der Waals surface area contributed by atoms with Crippen LogP contribution in [0.4, 0.5) is 0 Å². The van der Waals surface area contributed by atoms with Gasteiger partial charge in [-0.3, -0.25) is 4.79 Å². The first-order valence-electron chi connectivity index (χ1n) is 8.62. The third-order valence-electron chi connectivity index (χ3n) is 4.54. The van der Waals surface area contributed by atoms with Gasteiger partial charge in [0, 0.05) is 11.1 Å². The third kappa shape index (κ3) is 3.60. The van der Waals surface area contributed by atoms with E-state index in [-0.39, 0.29) is 11.9 Å². The van der Waals surface area contributed by atoms with E-state index in [1.807, 2.05) is 45.9 Å². The Labute approximate surface area is 162 Å². The molecular weight excluding hydrogens is 362 g/mol. The summed E-state index contributed by atoms with van der Waals surface area (Å²) in [5, 5.41) is 4.03. The van der Waals surface area contributed by atoms with Gasteiger partial charge < -0.3 is 14.8 Å². The summed E-state index contributed by atoms with van der Waals surface area (Å²) >= 11 is 1.40. The summed E-state index contributed by atoms with van der Waals surface area (Å²) < 4.78 is 10.6. The number of methoxy groups -OCH3 is 2. The fraction of sp³-hybridized carbons (Fsp3) is 0.350. The second-order valence-corrected chi connectivity index (χ2v) is 7.40. The highest BCUT2D eigenvalue weighted by molar-refractivity contribution is 7.20. The lowest BCUT2D eigenvalue weighted by Crippen LogP contribution is -2.26. The average molecular weight is 385 g/mol. The van der Waals surface area contributed by atoms with Crippen LogP contribution in [0.25, 0.3) is 10.2 Å². The van der Waals surface area contributed by atoms with E-state index in [4.69, 9.17) is 9.47 Å². The van der Waals surface area contributed by atoms with E-state index in [1.165, 1.54) is 11.3 Å². The van der Waals surface area contributed by atoms with Crippen molar-refractivity contribution in [1.29, 1.82) is 0 Å². The number of benzene rings is 1. The summed E-state index contributed by atoms with van der Waals surface area (Å²) in [6.45, 7) is 7.70. The number of nitrogens with one attached hydrogen (secondary N) is 1. The topological polar surface area (TPSA) is 73.3 Å². The second-order valence-electron chi connectivity index (χ2n) is 6.40. The molecule has 2 heterocycles. The summed E-state index contributed by atoms with van der Waals surface area (Å²) in [7, 11) is 3.19. The molecule has 3 aromatic rings. The van der Waals surface area contributed by atoms with Gasteiger partial charge in [-0.15, -0.1) is 11.3 Å². The van der Waals surface area contributed by atoms with Crippen molar-refractivity contribution in [2.45, 2.75) is 33.7 Å². The molecule has 0 aliphatic heterocycles. The second kappa shape index (κ2) is 7.52. The van der Waals surface area contributed by atoms with E-state index in [1.54, 1.807) is 14.2 Å². The average Bonchev–Trinajstić information content (AvgIpc) is 2.97. The number of rotatable bonds is 5. The predicted molar refractivity (Wildman–Crippen MR) is 107 cm³/mol. The minimum atomic E-state index is -0.184. The van der Waals surface area contributed by atoms with Crippen LogP contribution >= 0.6 is 11.3 Å². The molecule has 0 spiro atoms. The van der Waals surface area contributed by atoms with Gasteiger partial charge in [-0.1, -0.05) is 6.07 Å². The van der Waals surface area contributed by atoms with E-state index >= 15 is 0 Å². The predicted octanol–water partition coefficient (Wildman–Crippen LogP) is 4.12. The molecule has 0 aliphatic carbocycles. The number of carbonyl (C=O) groups excluding carboxylic acids is 1. The zero-order valence-corrected chi connectivity index (χ0v) is 17.2. The Kier molecular flexibility index (Phi) is 5.32. The van der Waals surface area contributed by atoms with Crippen molar-refractivity contribution in [2.75, 3.05) is 14.2 Å². The molecule has 3 rings (SSSR count). The minimum Gasteiger partial charge on any atom is -0.493 e. The number of aryl methyl sites for hydroxylation is 3. The molecule has 1 aromatic carbocycles. The van der Waals surface area contributed by atoms with Crippen LogP contribution in [-0.2, 0) is 0 Å². The number of aromatic nitrogens is 2. The van der Waals surface area contributed by atoms with Crippen molar-refractivity contribution < 1.29 is 14.3 Å². The van der Waals surface area contributed by atoms with E-state index in [0.29, 0.717) is 22.2 Å². The van der Waals surface area contributed by atoms with Crippen LogP contribution in [0.5, 0.6) is 11.5 Å². The molecule has 1 N–H and O–H groups in total. The first-order valence-corrected chi connectivity index (χ1v) is 9.44. The summed E-state index contributed by atoms with van der Waals surface area (Å²) in [6, 6.07) is 5.45. The Bertz CT molecular complexity index is 1010. The third-order valence-corrected chi connectivity index (χ3v) is 5.73. The van der Waals surface area contributed by atoms with Crippen LogP contribution in [0.2, 0.25) is 0 Å². The number of fused-ring (bicyclic) bond motifs is 1. The van der Waals surface area contributed by atoms with E-state index in [2.05, 4.69) is 15.3 Å². The number of nitrogens with zero attached hydrogens (tertiary/aromatic N) is 2. The lowest BCUT2D eigenvalue weighted by atomic mass is 10.1. The lowest BCUT2D eigenvalue weighted by Gasteiger charge is -2.16. The van der Waals surface area contributed by atoms with Crippen molar-refractivity contribution in [3.8, 4) is 11.5 Å². The Balaban J connectivity index is 1.88. The normalized spacial score (nSPS) is 12.1.